The van der Waals surface area contributed by atoms with Crippen molar-refractivity contribution in [2.45, 2.75) is 64.3 Å². The van der Waals surface area contributed by atoms with Crippen LogP contribution < -0.4 is 21.4 Å². The molecule has 2 amide bonds. The topological polar surface area (TPSA) is 180 Å². The van der Waals surface area contributed by atoms with Gasteiger partial charge in [-0.05, 0) is 76.1 Å². The Balaban J connectivity index is 1.54. The average Bonchev–Trinajstić information content (AvgIpc) is 2.91. The molecule has 12 nitrogen and oxygen atoms in total. The Kier molecular flexibility index (Phi) is 8.90. The van der Waals surface area contributed by atoms with Crippen LogP contribution in [0.2, 0.25) is 0 Å². The number of rotatable bonds is 8. The van der Waals surface area contributed by atoms with Gasteiger partial charge in [0.2, 0.25) is 6.29 Å². The van der Waals surface area contributed by atoms with Crippen molar-refractivity contribution < 1.29 is 43.2 Å². The highest BCUT2D eigenvalue weighted by Crippen LogP contribution is 2.35. The van der Waals surface area contributed by atoms with E-state index in [2.05, 4.69) is 5.32 Å². The van der Waals surface area contributed by atoms with Gasteiger partial charge in [0.05, 0.1) is 5.60 Å². The third-order valence-electron chi connectivity index (χ3n) is 6.80. The van der Waals surface area contributed by atoms with Crippen LogP contribution in [-0.2, 0) is 20.6 Å². The van der Waals surface area contributed by atoms with Crippen LogP contribution in [0.3, 0.4) is 0 Å². The molecule has 2 aromatic carbocycles. The number of benzene rings is 2. The van der Waals surface area contributed by atoms with Crippen molar-refractivity contribution >= 4 is 28.7 Å². The Bertz CT molecular complexity index is 1570. The first-order valence-corrected chi connectivity index (χ1v) is 13.1. The number of allylic oxidation sites excluding steroid dienone is 2. The standard InChI is InChI=1S/C30H34N2O10/c1-15(2)6-7-16-12-18(9-11-21(16)33)26(35)32-20-13-17-8-10-19(14-22(17)40-27(20)36)39-28-23(34)24(41-29(31)37)25(38-5)30(3,4)42-28/h6,8-14,23-25,28,33-34H,7H2,1-5H3,(H2,31,37)(H,32,35)/t23-,24?,25+,28?/m0/s1. The minimum absolute atomic E-state index is 0.0661. The van der Waals surface area contributed by atoms with Crippen LogP contribution in [0.15, 0.2) is 63.3 Å². The molecule has 0 saturated carbocycles. The molecule has 4 atom stereocenters. The fraction of sp³-hybridized carbons (Fsp3) is 0.367. The second-order valence-corrected chi connectivity index (χ2v) is 10.7. The highest BCUT2D eigenvalue weighted by atomic mass is 16.7. The number of nitrogens with two attached hydrogens (primary N) is 1. The van der Waals surface area contributed by atoms with E-state index >= 15 is 0 Å². The first-order chi connectivity index (χ1) is 19.8. The molecule has 5 N–H and O–H groups in total. The SMILES string of the molecule is CO[C@@H]1C(OC(N)=O)[C@H](O)C(Oc2ccc3cc(NC(=O)c4ccc(O)c(CC=C(C)C)c4)c(=O)oc3c2)OC1(C)C. The van der Waals surface area contributed by atoms with Crippen molar-refractivity contribution in [3.05, 3.63) is 75.7 Å². The number of aliphatic hydroxyl groups excluding tert-OH is 1. The molecule has 12 heteroatoms. The lowest BCUT2D eigenvalue weighted by atomic mass is 9.89. The number of carbonyl (C=O) groups is 2. The minimum atomic E-state index is -1.46. The monoisotopic (exact) mass is 582 g/mol. The summed E-state index contributed by atoms with van der Waals surface area (Å²) in [5.74, 6) is -0.298. The summed E-state index contributed by atoms with van der Waals surface area (Å²) in [5, 5.41) is 24.0. The third kappa shape index (κ3) is 6.73. The summed E-state index contributed by atoms with van der Waals surface area (Å²) >= 11 is 0. The zero-order valence-electron chi connectivity index (χ0n) is 23.9. The van der Waals surface area contributed by atoms with E-state index in [9.17, 15) is 24.6 Å². The summed E-state index contributed by atoms with van der Waals surface area (Å²) in [7, 11) is 1.39. The Labute approximate surface area is 241 Å². The van der Waals surface area contributed by atoms with Crippen LogP contribution in [0.4, 0.5) is 10.5 Å². The van der Waals surface area contributed by atoms with Crippen LogP contribution in [0.1, 0.15) is 43.6 Å². The predicted octanol–water partition coefficient (Wildman–Crippen LogP) is 3.61. The summed E-state index contributed by atoms with van der Waals surface area (Å²) in [6, 6.07) is 10.5. The van der Waals surface area contributed by atoms with E-state index in [-0.39, 0.29) is 28.3 Å². The molecule has 3 aromatic rings. The smallest absolute Gasteiger partial charge is 0.404 e. The number of amides is 2. The number of aromatic hydroxyl groups is 1. The third-order valence-corrected chi connectivity index (χ3v) is 6.80. The van der Waals surface area contributed by atoms with Gasteiger partial charge in [-0.2, -0.15) is 0 Å². The lowest BCUT2D eigenvalue weighted by Crippen LogP contribution is -2.65. The van der Waals surface area contributed by atoms with Gasteiger partial charge < -0.3 is 44.6 Å². The molecule has 42 heavy (non-hydrogen) atoms. The van der Waals surface area contributed by atoms with Crippen molar-refractivity contribution in [3.63, 3.8) is 0 Å². The van der Waals surface area contributed by atoms with Crippen LogP contribution in [-0.4, -0.2) is 59.5 Å². The maximum absolute atomic E-state index is 12.9. The van der Waals surface area contributed by atoms with Crippen LogP contribution in [0.25, 0.3) is 11.0 Å². The number of phenolic OH excluding ortho intramolecular Hbond substituents is 1. The van der Waals surface area contributed by atoms with Crippen molar-refractivity contribution in [2.75, 3.05) is 12.4 Å². The quantitative estimate of drug-likeness (QED) is 0.226. The summed E-state index contributed by atoms with van der Waals surface area (Å²) in [6.07, 6.45) is -3.48. The number of carbonyl (C=O) groups excluding carboxylic acids is 2. The molecule has 1 saturated heterocycles. The van der Waals surface area contributed by atoms with E-state index < -0.39 is 47.8 Å². The van der Waals surface area contributed by atoms with E-state index in [1.165, 1.54) is 31.4 Å². The highest BCUT2D eigenvalue weighted by molar-refractivity contribution is 6.05. The highest BCUT2D eigenvalue weighted by Gasteiger charge is 2.53. The first kappa shape index (κ1) is 30.6. The van der Waals surface area contributed by atoms with Crippen LogP contribution in [0, 0.1) is 0 Å². The number of anilines is 1. The number of hydrogen-bond donors (Lipinski definition) is 4. The van der Waals surface area contributed by atoms with Gasteiger partial charge in [0.15, 0.2) is 12.2 Å². The largest absolute Gasteiger partial charge is 0.508 e. The van der Waals surface area contributed by atoms with Crippen LogP contribution >= 0.6 is 0 Å². The molecular weight excluding hydrogens is 548 g/mol. The minimum Gasteiger partial charge on any atom is -0.508 e. The van der Waals surface area contributed by atoms with Crippen molar-refractivity contribution in [1.82, 2.24) is 0 Å². The van der Waals surface area contributed by atoms with Crippen LogP contribution in [0.5, 0.6) is 11.5 Å². The van der Waals surface area contributed by atoms with Gasteiger partial charge >= 0.3 is 11.7 Å². The van der Waals surface area contributed by atoms with Gasteiger partial charge in [-0.3, -0.25) is 4.79 Å². The first-order valence-electron chi connectivity index (χ1n) is 13.1. The number of phenols is 1. The van der Waals surface area contributed by atoms with Crippen molar-refractivity contribution in [3.8, 4) is 11.5 Å². The molecule has 224 valence electrons. The predicted molar refractivity (Wildman–Crippen MR) is 153 cm³/mol. The molecular formula is C30H34N2O10. The van der Waals surface area contributed by atoms with E-state index in [1.54, 1.807) is 32.0 Å². The maximum Gasteiger partial charge on any atom is 0.404 e. The molecule has 0 radical (unpaired) electrons. The Morgan fingerprint density at radius 3 is 2.55 bits per heavy atom. The summed E-state index contributed by atoms with van der Waals surface area (Å²) < 4.78 is 27.7. The van der Waals surface area contributed by atoms with Gasteiger partial charge in [0.25, 0.3) is 5.91 Å². The number of nitrogens with one attached hydrogen (secondary N) is 1. The molecule has 0 spiro atoms. The van der Waals surface area contributed by atoms with E-state index in [0.717, 1.165) is 5.57 Å². The Morgan fingerprint density at radius 2 is 1.88 bits per heavy atom. The second-order valence-electron chi connectivity index (χ2n) is 10.7. The summed E-state index contributed by atoms with van der Waals surface area (Å²) in [6.45, 7) is 7.23. The van der Waals surface area contributed by atoms with Gasteiger partial charge in [-0.15, -0.1) is 0 Å². The van der Waals surface area contributed by atoms with Crippen molar-refractivity contribution in [2.24, 2.45) is 5.73 Å². The fourth-order valence-electron chi connectivity index (χ4n) is 4.73. The van der Waals surface area contributed by atoms with Gasteiger partial charge in [-0.1, -0.05) is 11.6 Å². The number of fused-ring (bicyclic) bond motifs is 1. The second kappa shape index (κ2) is 12.2. The van der Waals surface area contributed by atoms with E-state index in [0.29, 0.717) is 17.4 Å². The molecule has 1 aromatic heterocycles. The Morgan fingerprint density at radius 1 is 1.14 bits per heavy atom. The number of primary amides is 1. The summed E-state index contributed by atoms with van der Waals surface area (Å²) in [5.41, 5.74) is 5.31. The van der Waals surface area contributed by atoms with Crippen molar-refractivity contribution in [1.29, 1.82) is 0 Å². The number of methoxy groups -OCH3 is 1. The van der Waals surface area contributed by atoms with Gasteiger partial charge in [0, 0.05) is 24.1 Å². The van der Waals surface area contributed by atoms with E-state index in [4.69, 9.17) is 29.1 Å². The zero-order valence-corrected chi connectivity index (χ0v) is 23.9. The Hall–Kier alpha value is -4.39. The zero-order chi connectivity index (χ0) is 30.8. The maximum atomic E-state index is 12.9. The molecule has 2 unspecified atom stereocenters. The molecule has 1 aliphatic rings. The number of ether oxygens (including phenoxy) is 4. The molecule has 2 heterocycles. The molecule has 1 aliphatic heterocycles. The molecule has 4 rings (SSSR count). The lowest BCUT2D eigenvalue weighted by Gasteiger charge is -2.47. The lowest BCUT2D eigenvalue weighted by molar-refractivity contribution is -0.304. The normalized spacial score (nSPS) is 21.4. The molecule has 1 fully saturated rings. The van der Waals surface area contributed by atoms with E-state index in [1.807, 2.05) is 19.9 Å². The number of hydrogen-bond acceptors (Lipinski definition) is 10. The van der Waals surface area contributed by atoms with Gasteiger partial charge in [-0.25, -0.2) is 9.59 Å². The number of aliphatic hydroxyl groups is 1. The summed E-state index contributed by atoms with van der Waals surface area (Å²) in [4.78, 5) is 37.1. The van der Waals surface area contributed by atoms with Gasteiger partial charge in [0.1, 0.15) is 28.9 Å². The average molecular weight is 583 g/mol. The fourth-order valence-corrected chi connectivity index (χ4v) is 4.73. The molecule has 0 bridgehead atoms. The molecule has 0 aliphatic carbocycles.